The lowest BCUT2D eigenvalue weighted by Crippen LogP contribution is -2.39. The number of aromatic hydroxyl groups is 1. The zero-order chi connectivity index (χ0) is 14.7. The van der Waals surface area contributed by atoms with Crippen LogP contribution < -0.4 is 5.32 Å². The van der Waals surface area contributed by atoms with Crippen LogP contribution in [0.5, 0.6) is 5.75 Å². The van der Waals surface area contributed by atoms with Crippen LogP contribution in [0.3, 0.4) is 0 Å². The van der Waals surface area contributed by atoms with E-state index >= 15 is 0 Å². The molecule has 1 saturated carbocycles. The molecule has 2 N–H and O–H groups in total. The van der Waals surface area contributed by atoms with E-state index in [2.05, 4.69) is 5.32 Å². The number of nitro groups is 1. The zero-order valence-electron chi connectivity index (χ0n) is 11.0. The van der Waals surface area contributed by atoms with Crippen LogP contribution in [0.25, 0.3) is 0 Å². The Morgan fingerprint density at radius 2 is 2.30 bits per heavy atom. The molecule has 108 valence electrons. The van der Waals surface area contributed by atoms with Crippen LogP contribution in [0.4, 0.5) is 5.69 Å². The third kappa shape index (κ3) is 3.24. The van der Waals surface area contributed by atoms with Gasteiger partial charge in [0, 0.05) is 18.7 Å². The Labute approximate surface area is 115 Å². The monoisotopic (exact) mass is 280 g/mol. The Morgan fingerprint density at radius 3 is 2.80 bits per heavy atom. The predicted molar refractivity (Wildman–Crippen MR) is 70.6 cm³/mol. The molecule has 1 fully saturated rings. The Hall–Kier alpha value is -2.15. The van der Waals surface area contributed by atoms with Gasteiger partial charge < -0.3 is 15.2 Å². The third-order valence-corrected chi connectivity index (χ3v) is 3.29. The van der Waals surface area contributed by atoms with Gasteiger partial charge in [-0.15, -0.1) is 0 Å². The van der Waals surface area contributed by atoms with Crippen LogP contribution >= 0.6 is 0 Å². The molecule has 2 rings (SSSR count). The Morgan fingerprint density at radius 1 is 1.60 bits per heavy atom. The highest BCUT2D eigenvalue weighted by Crippen LogP contribution is 2.33. The molecular formula is C13H16N2O5. The fourth-order valence-corrected chi connectivity index (χ4v) is 2.04. The van der Waals surface area contributed by atoms with E-state index in [-0.39, 0.29) is 17.5 Å². The lowest BCUT2D eigenvalue weighted by atomic mass is 10.1. The second-order valence-electron chi connectivity index (χ2n) is 4.83. The molecule has 1 atom stereocenters. The van der Waals surface area contributed by atoms with Crippen molar-refractivity contribution in [3.8, 4) is 5.75 Å². The number of amides is 1. The minimum absolute atomic E-state index is 0.0650. The number of nitrogens with zero attached hydrogens (tertiary/aromatic N) is 1. The highest BCUT2D eigenvalue weighted by molar-refractivity contribution is 5.95. The third-order valence-electron chi connectivity index (χ3n) is 3.29. The van der Waals surface area contributed by atoms with Gasteiger partial charge in [-0.3, -0.25) is 14.9 Å². The molecule has 7 heteroatoms. The number of phenolic OH excluding ortho intramolecular Hbond substituents is 1. The summed E-state index contributed by atoms with van der Waals surface area (Å²) in [5.41, 5.74) is -0.230. The fourth-order valence-electron chi connectivity index (χ4n) is 2.04. The van der Waals surface area contributed by atoms with E-state index < -0.39 is 16.4 Å². The van der Waals surface area contributed by atoms with Crippen LogP contribution in [-0.4, -0.2) is 35.7 Å². The number of carbonyl (C=O) groups is 1. The average Bonchev–Trinajstić information content (AvgIpc) is 3.21. The molecule has 1 unspecified atom stereocenters. The number of methoxy groups -OCH3 is 1. The van der Waals surface area contributed by atoms with Crippen molar-refractivity contribution >= 4 is 11.6 Å². The van der Waals surface area contributed by atoms with Crippen molar-refractivity contribution in [2.45, 2.75) is 18.9 Å². The van der Waals surface area contributed by atoms with Crippen molar-refractivity contribution in [1.29, 1.82) is 0 Å². The van der Waals surface area contributed by atoms with E-state index in [1.165, 1.54) is 6.07 Å². The molecular weight excluding hydrogens is 264 g/mol. The molecule has 0 heterocycles. The van der Waals surface area contributed by atoms with Gasteiger partial charge in [0.1, 0.15) is 0 Å². The minimum atomic E-state index is -0.699. The first kappa shape index (κ1) is 14.3. The molecule has 0 radical (unpaired) electrons. The van der Waals surface area contributed by atoms with Crippen molar-refractivity contribution in [1.82, 2.24) is 5.32 Å². The van der Waals surface area contributed by atoms with Gasteiger partial charge in [0.25, 0.3) is 5.91 Å². The van der Waals surface area contributed by atoms with Crippen molar-refractivity contribution in [3.63, 3.8) is 0 Å². The van der Waals surface area contributed by atoms with E-state index in [1.807, 2.05) is 0 Å². The predicted octanol–water partition coefficient (Wildman–Crippen LogP) is 1.46. The first-order valence-corrected chi connectivity index (χ1v) is 6.30. The second-order valence-corrected chi connectivity index (χ2v) is 4.83. The van der Waals surface area contributed by atoms with Crippen LogP contribution in [0.1, 0.15) is 23.2 Å². The maximum absolute atomic E-state index is 12.0. The Balaban J connectivity index is 2.08. The highest BCUT2D eigenvalue weighted by atomic mass is 16.6. The van der Waals surface area contributed by atoms with E-state index in [4.69, 9.17) is 4.74 Å². The maximum Gasteiger partial charge on any atom is 0.310 e. The van der Waals surface area contributed by atoms with Gasteiger partial charge in [-0.2, -0.15) is 0 Å². The van der Waals surface area contributed by atoms with Gasteiger partial charge in [0.15, 0.2) is 5.75 Å². The first-order chi connectivity index (χ1) is 9.52. The maximum atomic E-state index is 12.0. The number of phenols is 1. The summed E-state index contributed by atoms with van der Waals surface area (Å²) in [6, 6.07) is 3.48. The quantitative estimate of drug-likeness (QED) is 0.606. The summed E-state index contributed by atoms with van der Waals surface area (Å²) >= 11 is 0. The van der Waals surface area contributed by atoms with Crippen molar-refractivity contribution in [2.75, 3.05) is 13.7 Å². The summed E-state index contributed by atoms with van der Waals surface area (Å²) in [4.78, 5) is 21.9. The van der Waals surface area contributed by atoms with Gasteiger partial charge in [0.05, 0.1) is 17.6 Å². The van der Waals surface area contributed by atoms with Crippen LogP contribution in [0.2, 0.25) is 0 Å². The number of ether oxygens (including phenoxy) is 1. The van der Waals surface area contributed by atoms with Gasteiger partial charge >= 0.3 is 5.69 Å². The molecule has 0 aliphatic heterocycles. The molecule has 0 aromatic heterocycles. The first-order valence-electron chi connectivity index (χ1n) is 6.30. The summed E-state index contributed by atoms with van der Waals surface area (Å²) in [5.74, 6) is -0.466. The number of nitrogens with one attached hydrogen (secondary N) is 1. The summed E-state index contributed by atoms with van der Waals surface area (Å²) < 4.78 is 5.06. The summed E-state index contributed by atoms with van der Waals surface area (Å²) in [6.45, 7) is 0.426. The smallest absolute Gasteiger partial charge is 0.310 e. The molecule has 1 aromatic rings. The molecule has 1 aliphatic carbocycles. The normalized spacial score (nSPS) is 15.7. The highest BCUT2D eigenvalue weighted by Gasteiger charge is 2.32. The Bertz CT molecular complexity index is 527. The number of hydrogen-bond acceptors (Lipinski definition) is 5. The summed E-state index contributed by atoms with van der Waals surface area (Å²) in [7, 11) is 1.57. The number of hydrogen-bond donors (Lipinski definition) is 2. The van der Waals surface area contributed by atoms with E-state index in [0.717, 1.165) is 25.0 Å². The molecule has 1 aliphatic rings. The summed E-state index contributed by atoms with van der Waals surface area (Å²) in [5, 5.41) is 22.9. The fraction of sp³-hybridized carbons (Fsp3) is 0.462. The van der Waals surface area contributed by atoms with Crippen LogP contribution in [0.15, 0.2) is 18.2 Å². The zero-order valence-corrected chi connectivity index (χ0v) is 11.0. The molecule has 1 aromatic carbocycles. The molecule has 20 heavy (non-hydrogen) atoms. The molecule has 0 spiro atoms. The van der Waals surface area contributed by atoms with E-state index in [0.29, 0.717) is 12.5 Å². The van der Waals surface area contributed by atoms with Gasteiger partial charge in [-0.05, 0) is 30.9 Å². The number of carbonyl (C=O) groups excluding carboxylic acids is 1. The summed E-state index contributed by atoms with van der Waals surface area (Å²) in [6.07, 6.45) is 2.11. The number of rotatable bonds is 6. The van der Waals surface area contributed by atoms with Crippen molar-refractivity contribution in [2.24, 2.45) is 5.92 Å². The lowest BCUT2D eigenvalue weighted by molar-refractivity contribution is -0.385. The second kappa shape index (κ2) is 5.87. The Kier molecular flexibility index (Phi) is 4.19. The SMILES string of the molecule is COCC(NC(=O)c1ccc([N+](=O)[O-])c(O)c1)C1CC1. The minimum Gasteiger partial charge on any atom is -0.502 e. The van der Waals surface area contributed by atoms with Crippen LogP contribution in [0, 0.1) is 16.0 Å². The van der Waals surface area contributed by atoms with Crippen LogP contribution in [-0.2, 0) is 4.74 Å². The lowest BCUT2D eigenvalue weighted by Gasteiger charge is -2.17. The molecule has 0 bridgehead atoms. The largest absolute Gasteiger partial charge is 0.502 e. The average molecular weight is 280 g/mol. The van der Waals surface area contributed by atoms with Gasteiger partial charge in [0.2, 0.25) is 0 Å². The number of nitro benzene ring substituents is 1. The van der Waals surface area contributed by atoms with Crippen molar-refractivity contribution in [3.05, 3.63) is 33.9 Å². The van der Waals surface area contributed by atoms with Gasteiger partial charge in [-0.25, -0.2) is 0 Å². The molecule has 7 nitrogen and oxygen atoms in total. The van der Waals surface area contributed by atoms with E-state index in [1.54, 1.807) is 7.11 Å². The standard InChI is InChI=1S/C13H16N2O5/c1-20-7-10(8-2-3-8)14-13(17)9-4-5-11(15(18)19)12(16)6-9/h4-6,8,10,16H,2-3,7H2,1H3,(H,14,17). The molecule has 0 saturated heterocycles. The topological polar surface area (TPSA) is 102 Å². The molecule has 1 amide bonds. The van der Waals surface area contributed by atoms with E-state index in [9.17, 15) is 20.0 Å². The van der Waals surface area contributed by atoms with Crippen molar-refractivity contribution < 1.29 is 19.6 Å². The number of benzene rings is 1. The van der Waals surface area contributed by atoms with Gasteiger partial charge in [-0.1, -0.05) is 0 Å².